The van der Waals surface area contributed by atoms with Crippen molar-refractivity contribution in [2.45, 2.75) is 6.92 Å². The molecule has 2 amide bonds. The quantitative estimate of drug-likeness (QED) is 0.857. The summed E-state index contributed by atoms with van der Waals surface area (Å²) in [5, 5.41) is 2.91. The summed E-state index contributed by atoms with van der Waals surface area (Å²) >= 11 is 0. The van der Waals surface area contributed by atoms with Crippen LogP contribution in [-0.2, 0) is 0 Å². The second-order valence-corrected chi connectivity index (χ2v) is 6.24. The summed E-state index contributed by atoms with van der Waals surface area (Å²) in [5.74, 6) is 0.823. The fourth-order valence-corrected chi connectivity index (χ4v) is 2.95. The normalized spacial score (nSPS) is 14.1. The lowest BCUT2D eigenvalue weighted by Crippen LogP contribution is -2.50. The van der Waals surface area contributed by atoms with Crippen molar-refractivity contribution in [3.8, 4) is 5.75 Å². The monoisotopic (exact) mass is 353 g/mol. The molecule has 6 heteroatoms. The van der Waals surface area contributed by atoms with E-state index in [-0.39, 0.29) is 11.8 Å². The Hall–Kier alpha value is -3.02. The molecule has 2 aromatic carbocycles. The van der Waals surface area contributed by atoms with E-state index in [1.165, 1.54) is 0 Å². The zero-order valence-corrected chi connectivity index (χ0v) is 15.1. The summed E-state index contributed by atoms with van der Waals surface area (Å²) in [5.41, 5.74) is 2.54. The van der Waals surface area contributed by atoms with Crippen LogP contribution in [0.2, 0.25) is 0 Å². The predicted octanol–water partition coefficient (Wildman–Crippen LogP) is 3.25. The number of piperazine rings is 1. The first-order chi connectivity index (χ1) is 12.6. The van der Waals surface area contributed by atoms with Crippen LogP contribution in [0.15, 0.2) is 48.5 Å². The average Bonchev–Trinajstić information content (AvgIpc) is 2.69. The van der Waals surface area contributed by atoms with Gasteiger partial charge in [0, 0.05) is 43.1 Å². The van der Waals surface area contributed by atoms with E-state index in [9.17, 15) is 9.59 Å². The van der Waals surface area contributed by atoms with Gasteiger partial charge in [-0.3, -0.25) is 4.79 Å². The van der Waals surface area contributed by atoms with Gasteiger partial charge in [-0.2, -0.15) is 0 Å². The van der Waals surface area contributed by atoms with Gasteiger partial charge in [0.2, 0.25) is 0 Å². The van der Waals surface area contributed by atoms with Gasteiger partial charge >= 0.3 is 6.03 Å². The Balaban J connectivity index is 1.53. The number of hydrogen-bond donors (Lipinski definition) is 1. The lowest BCUT2D eigenvalue weighted by Gasteiger charge is -2.36. The molecule has 1 N–H and O–H groups in total. The van der Waals surface area contributed by atoms with E-state index in [0.29, 0.717) is 18.7 Å². The number of ketones is 1. The SMILES string of the molecule is COc1ccc(NC(=O)N2CCN(c3ccc(C(C)=O)cc3)CC2)cc1. The lowest BCUT2D eigenvalue weighted by molar-refractivity contribution is 0.101. The highest BCUT2D eigenvalue weighted by Gasteiger charge is 2.21. The summed E-state index contributed by atoms with van der Waals surface area (Å²) in [6.45, 7) is 4.38. The number of anilines is 2. The van der Waals surface area contributed by atoms with Crippen molar-refractivity contribution in [1.29, 1.82) is 0 Å². The molecule has 0 atom stereocenters. The Morgan fingerprint density at radius 2 is 1.54 bits per heavy atom. The van der Waals surface area contributed by atoms with Gasteiger partial charge in [0.15, 0.2) is 5.78 Å². The highest BCUT2D eigenvalue weighted by molar-refractivity contribution is 5.94. The van der Waals surface area contributed by atoms with E-state index in [0.717, 1.165) is 30.2 Å². The summed E-state index contributed by atoms with van der Waals surface area (Å²) < 4.78 is 5.12. The first kappa shape index (κ1) is 17.8. The maximum absolute atomic E-state index is 12.4. The molecule has 0 radical (unpaired) electrons. The molecular formula is C20H23N3O3. The standard InChI is InChI=1S/C20H23N3O3/c1-15(24)16-3-7-18(8-4-16)22-11-13-23(14-12-22)20(25)21-17-5-9-19(26-2)10-6-17/h3-10H,11-14H2,1-2H3,(H,21,25). The van der Waals surface area contributed by atoms with E-state index in [4.69, 9.17) is 4.74 Å². The van der Waals surface area contributed by atoms with Gasteiger partial charge in [-0.05, 0) is 55.5 Å². The Kier molecular flexibility index (Phi) is 5.41. The number of ether oxygens (including phenoxy) is 1. The average molecular weight is 353 g/mol. The maximum atomic E-state index is 12.4. The summed E-state index contributed by atoms with van der Waals surface area (Å²) in [4.78, 5) is 27.8. The molecule has 26 heavy (non-hydrogen) atoms. The molecule has 1 aliphatic heterocycles. The Morgan fingerprint density at radius 1 is 0.923 bits per heavy atom. The van der Waals surface area contributed by atoms with Crippen molar-refractivity contribution in [3.63, 3.8) is 0 Å². The number of carbonyl (C=O) groups is 2. The van der Waals surface area contributed by atoms with E-state index < -0.39 is 0 Å². The Morgan fingerprint density at radius 3 is 2.08 bits per heavy atom. The van der Waals surface area contributed by atoms with E-state index in [1.807, 2.05) is 53.4 Å². The minimum absolute atomic E-state index is 0.0663. The number of amides is 2. The first-order valence-electron chi connectivity index (χ1n) is 8.63. The molecule has 136 valence electrons. The van der Waals surface area contributed by atoms with Crippen molar-refractivity contribution in [1.82, 2.24) is 4.90 Å². The van der Waals surface area contributed by atoms with Gasteiger partial charge in [0.25, 0.3) is 0 Å². The highest BCUT2D eigenvalue weighted by Crippen LogP contribution is 2.19. The highest BCUT2D eigenvalue weighted by atomic mass is 16.5. The minimum atomic E-state index is -0.0956. The third-order valence-corrected chi connectivity index (χ3v) is 4.55. The number of methoxy groups -OCH3 is 1. The van der Waals surface area contributed by atoms with Crippen molar-refractivity contribution in [2.75, 3.05) is 43.5 Å². The molecule has 0 unspecified atom stereocenters. The number of benzene rings is 2. The molecule has 3 rings (SSSR count). The third kappa shape index (κ3) is 4.14. The van der Waals surface area contributed by atoms with Crippen LogP contribution < -0.4 is 15.0 Å². The predicted molar refractivity (Wildman–Crippen MR) is 102 cm³/mol. The van der Waals surface area contributed by atoms with Gasteiger partial charge in [-0.1, -0.05) is 0 Å². The lowest BCUT2D eigenvalue weighted by atomic mass is 10.1. The first-order valence-corrected chi connectivity index (χ1v) is 8.63. The van der Waals surface area contributed by atoms with Crippen LogP contribution in [-0.4, -0.2) is 50.0 Å². The molecule has 1 fully saturated rings. The topological polar surface area (TPSA) is 61.9 Å². The van der Waals surface area contributed by atoms with Crippen LogP contribution in [0.4, 0.5) is 16.2 Å². The number of Topliss-reactive ketones (excluding diaryl/α,β-unsaturated/α-hetero) is 1. The molecule has 1 aliphatic rings. The summed E-state index contributed by atoms with van der Waals surface area (Å²) in [7, 11) is 1.61. The largest absolute Gasteiger partial charge is 0.497 e. The van der Waals surface area contributed by atoms with Gasteiger partial charge in [0.05, 0.1) is 7.11 Å². The summed E-state index contributed by atoms with van der Waals surface area (Å²) in [6.07, 6.45) is 0. The molecule has 0 aromatic heterocycles. The van der Waals surface area contributed by atoms with Crippen molar-refractivity contribution < 1.29 is 14.3 Å². The molecular weight excluding hydrogens is 330 g/mol. The molecule has 0 aliphatic carbocycles. The maximum Gasteiger partial charge on any atom is 0.321 e. The van der Waals surface area contributed by atoms with Crippen molar-refractivity contribution in [2.24, 2.45) is 0 Å². The van der Waals surface area contributed by atoms with Crippen LogP contribution in [0.25, 0.3) is 0 Å². The molecule has 2 aromatic rings. The van der Waals surface area contributed by atoms with Crippen LogP contribution in [0.1, 0.15) is 17.3 Å². The van der Waals surface area contributed by atoms with Crippen LogP contribution >= 0.6 is 0 Å². The second-order valence-electron chi connectivity index (χ2n) is 6.24. The molecule has 1 heterocycles. The molecule has 0 saturated carbocycles. The fourth-order valence-electron chi connectivity index (χ4n) is 2.95. The number of carbonyl (C=O) groups excluding carboxylic acids is 2. The van der Waals surface area contributed by atoms with Crippen molar-refractivity contribution in [3.05, 3.63) is 54.1 Å². The Labute approximate surface area is 153 Å². The molecule has 0 bridgehead atoms. The van der Waals surface area contributed by atoms with Crippen molar-refractivity contribution >= 4 is 23.2 Å². The third-order valence-electron chi connectivity index (χ3n) is 4.55. The molecule has 0 spiro atoms. The zero-order valence-electron chi connectivity index (χ0n) is 15.1. The molecule has 6 nitrogen and oxygen atoms in total. The number of rotatable bonds is 4. The smallest absolute Gasteiger partial charge is 0.321 e. The fraction of sp³-hybridized carbons (Fsp3) is 0.300. The van der Waals surface area contributed by atoms with Gasteiger partial charge in [0.1, 0.15) is 5.75 Å². The van der Waals surface area contributed by atoms with Crippen LogP contribution in [0.3, 0.4) is 0 Å². The van der Waals surface area contributed by atoms with E-state index >= 15 is 0 Å². The number of nitrogens with zero attached hydrogens (tertiary/aromatic N) is 2. The number of urea groups is 1. The number of nitrogens with one attached hydrogen (secondary N) is 1. The van der Waals surface area contributed by atoms with Crippen LogP contribution in [0.5, 0.6) is 5.75 Å². The van der Waals surface area contributed by atoms with E-state index in [2.05, 4.69) is 10.2 Å². The van der Waals surface area contributed by atoms with Gasteiger partial charge < -0.3 is 19.9 Å². The van der Waals surface area contributed by atoms with Gasteiger partial charge in [-0.15, -0.1) is 0 Å². The van der Waals surface area contributed by atoms with Gasteiger partial charge in [-0.25, -0.2) is 4.79 Å². The number of hydrogen-bond acceptors (Lipinski definition) is 4. The molecule has 1 saturated heterocycles. The van der Waals surface area contributed by atoms with E-state index in [1.54, 1.807) is 14.0 Å². The van der Waals surface area contributed by atoms with Crippen LogP contribution in [0, 0.1) is 0 Å². The second kappa shape index (κ2) is 7.91. The Bertz CT molecular complexity index is 764. The summed E-state index contributed by atoms with van der Waals surface area (Å²) in [6, 6.07) is 14.8. The minimum Gasteiger partial charge on any atom is -0.497 e. The zero-order chi connectivity index (χ0) is 18.5.